The predicted molar refractivity (Wildman–Crippen MR) is 76.0 cm³/mol. The molecule has 2 rings (SSSR count). The second kappa shape index (κ2) is 5.90. The van der Waals surface area contributed by atoms with Crippen LogP contribution in [0.3, 0.4) is 0 Å². The van der Waals surface area contributed by atoms with Gasteiger partial charge in [-0.3, -0.25) is 0 Å². The first-order valence-electron chi connectivity index (χ1n) is 7.38. The van der Waals surface area contributed by atoms with Crippen molar-refractivity contribution in [1.29, 1.82) is 0 Å². The van der Waals surface area contributed by atoms with Crippen molar-refractivity contribution < 1.29 is 4.42 Å². The van der Waals surface area contributed by atoms with Gasteiger partial charge in [0.2, 0.25) is 5.89 Å². The molecule has 1 atom stereocenters. The van der Waals surface area contributed by atoms with E-state index >= 15 is 0 Å². The van der Waals surface area contributed by atoms with Crippen molar-refractivity contribution in [2.24, 2.45) is 11.3 Å². The quantitative estimate of drug-likeness (QED) is 0.757. The minimum atomic E-state index is 0.114. The summed E-state index contributed by atoms with van der Waals surface area (Å²) in [7, 11) is 0. The molecule has 1 heterocycles. The Labute approximate surface area is 115 Å². The third kappa shape index (κ3) is 3.47. The van der Waals surface area contributed by atoms with Crippen molar-refractivity contribution in [3.05, 3.63) is 5.89 Å². The van der Waals surface area contributed by atoms with Crippen molar-refractivity contribution in [2.45, 2.75) is 53.0 Å². The van der Waals surface area contributed by atoms with Crippen LogP contribution in [0.2, 0.25) is 0 Å². The first kappa shape index (κ1) is 14.3. The number of anilines is 1. The Kier molecular flexibility index (Phi) is 4.45. The van der Waals surface area contributed by atoms with Gasteiger partial charge in [-0.25, -0.2) is 0 Å². The summed E-state index contributed by atoms with van der Waals surface area (Å²) in [4.78, 5) is 0. The SMILES string of the molecule is CCCNC(C)c1nnc(NCC2(C(C)C)CC2)o1. The normalized spacial score (nSPS) is 18.6. The summed E-state index contributed by atoms with van der Waals surface area (Å²) >= 11 is 0. The van der Waals surface area contributed by atoms with Gasteiger partial charge in [0.25, 0.3) is 0 Å². The highest BCUT2D eigenvalue weighted by Gasteiger charge is 2.45. The van der Waals surface area contributed by atoms with E-state index in [1.165, 1.54) is 12.8 Å². The highest BCUT2D eigenvalue weighted by atomic mass is 16.4. The van der Waals surface area contributed by atoms with Gasteiger partial charge in [0.05, 0.1) is 6.04 Å². The molecule has 0 aliphatic heterocycles. The Morgan fingerprint density at radius 2 is 2.00 bits per heavy atom. The van der Waals surface area contributed by atoms with Crippen LogP contribution in [0, 0.1) is 11.3 Å². The van der Waals surface area contributed by atoms with Crippen molar-refractivity contribution in [2.75, 3.05) is 18.4 Å². The molecule has 1 aliphatic rings. The van der Waals surface area contributed by atoms with E-state index in [0.29, 0.717) is 23.2 Å². The second-order valence-corrected chi connectivity index (χ2v) is 5.99. The van der Waals surface area contributed by atoms with Gasteiger partial charge in [0.1, 0.15) is 0 Å². The molecule has 2 N–H and O–H groups in total. The largest absolute Gasteiger partial charge is 0.406 e. The number of aromatic nitrogens is 2. The summed E-state index contributed by atoms with van der Waals surface area (Å²) in [5, 5.41) is 14.8. The predicted octanol–water partition coefficient (Wildman–Crippen LogP) is 2.98. The molecule has 0 spiro atoms. The average molecular weight is 266 g/mol. The van der Waals surface area contributed by atoms with Crippen LogP contribution in [0.4, 0.5) is 6.01 Å². The Hall–Kier alpha value is -1.10. The fourth-order valence-electron chi connectivity index (χ4n) is 2.30. The Morgan fingerprint density at radius 3 is 2.58 bits per heavy atom. The third-order valence-corrected chi connectivity index (χ3v) is 4.22. The zero-order valence-electron chi connectivity index (χ0n) is 12.5. The van der Waals surface area contributed by atoms with Crippen LogP contribution in [-0.4, -0.2) is 23.3 Å². The monoisotopic (exact) mass is 266 g/mol. The summed E-state index contributed by atoms with van der Waals surface area (Å²) in [6, 6.07) is 0.662. The fraction of sp³-hybridized carbons (Fsp3) is 0.857. The van der Waals surface area contributed by atoms with Crippen LogP contribution in [0.15, 0.2) is 4.42 Å². The topological polar surface area (TPSA) is 63.0 Å². The molecule has 1 saturated carbocycles. The lowest BCUT2D eigenvalue weighted by molar-refractivity contribution is 0.372. The first-order chi connectivity index (χ1) is 9.07. The minimum absolute atomic E-state index is 0.114. The van der Waals surface area contributed by atoms with Crippen LogP contribution < -0.4 is 10.6 Å². The molecule has 1 aromatic rings. The molecule has 1 aliphatic carbocycles. The van der Waals surface area contributed by atoms with Crippen molar-refractivity contribution in [1.82, 2.24) is 15.5 Å². The minimum Gasteiger partial charge on any atom is -0.406 e. The van der Waals surface area contributed by atoms with E-state index in [-0.39, 0.29) is 6.04 Å². The maximum Gasteiger partial charge on any atom is 0.315 e. The smallest absolute Gasteiger partial charge is 0.315 e. The number of nitrogens with one attached hydrogen (secondary N) is 2. The van der Waals surface area contributed by atoms with E-state index < -0.39 is 0 Å². The highest BCUT2D eigenvalue weighted by molar-refractivity contribution is 5.20. The zero-order valence-corrected chi connectivity index (χ0v) is 12.5. The van der Waals surface area contributed by atoms with Crippen LogP contribution in [0.25, 0.3) is 0 Å². The van der Waals surface area contributed by atoms with E-state index in [9.17, 15) is 0 Å². The number of hydrogen-bond acceptors (Lipinski definition) is 5. The Bertz CT molecular complexity index is 398. The molecule has 108 valence electrons. The van der Waals surface area contributed by atoms with Crippen molar-refractivity contribution >= 4 is 6.01 Å². The van der Waals surface area contributed by atoms with Gasteiger partial charge in [0.15, 0.2) is 0 Å². The van der Waals surface area contributed by atoms with Gasteiger partial charge in [-0.05, 0) is 44.1 Å². The number of rotatable bonds is 8. The lowest BCUT2D eigenvalue weighted by Crippen LogP contribution is -2.21. The summed E-state index contributed by atoms with van der Waals surface area (Å²) in [5.74, 6) is 1.36. The zero-order chi connectivity index (χ0) is 13.9. The van der Waals surface area contributed by atoms with Crippen LogP contribution in [0.1, 0.15) is 58.9 Å². The van der Waals surface area contributed by atoms with Gasteiger partial charge in [-0.2, -0.15) is 0 Å². The first-order valence-corrected chi connectivity index (χ1v) is 7.38. The molecule has 0 aromatic carbocycles. The lowest BCUT2D eigenvalue weighted by atomic mass is 9.92. The molecule has 5 nitrogen and oxygen atoms in total. The van der Waals surface area contributed by atoms with E-state index in [1.807, 2.05) is 6.92 Å². The third-order valence-electron chi connectivity index (χ3n) is 4.22. The lowest BCUT2D eigenvalue weighted by Gasteiger charge is -2.18. The Balaban J connectivity index is 1.84. The summed E-state index contributed by atoms with van der Waals surface area (Å²) in [6.45, 7) is 10.6. The molecule has 0 bridgehead atoms. The standard InChI is InChI=1S/C14H26N4O/c1-5-8-15-11(4)12-17-18-13(19-12)16-9-14(6-7-14)10(2)3/h10-11,15H,5-9H2,1-4H3,(H,16,18). The molecular formula is C14H26N4O. The Morgan fingerprint density at radius 1 is 1.26 bits per heavy atom. The van der Waals surface area contributed by atoms with Crippen molar-refractivity contribution in [3.8, 4) is 0 Å². The number of hydrogen-bond donors (Lipinski definition) is 2. The maximum atomic E-state index is 5.65. The van der Waals surface area contributed by atoms with E-state index in [0.717, 1.165) is 19.5 Å². The molecule has 1 aromatic heterocycles. The molecule has 5 heteroatoms. The van der Waals surface area contributed by atoms with Gasteiger partial charge in [-0.15, -0.1) is 5.10 Å². The van der Waals surface area contributed by atoms with Crippen molar-refractivity contribution in [3.63, 3.8) is 0 Å². The average Bonchev–Trinajstić information content (AvgIpc) is 3.05. The maximum absolute atomic E-state index is 5.65. The fourth-order valence-corrected chi connectivity index (χ4v) is 2.30. The molecule has 19 heavy (non-hydrogen) atoms. The van der Waals surface area contributed by atoms with Crippen LogP contribution in [0.5, 0.6) is 0 Å². The van der Waals surface area contributed by atoms with Gasteiger partial charge in [-0.1, -0.05) is 25.9 Å². The van der Waals surface area contributed by atoms with Gasteiger partial charge >= 0.3 is 6.01 Å². The summed E-state index contributed by atoms with van der Waals surface area (Å²) in [5.41, 5.74) is 0.445. The van der Waals surface area contributed by atoms with Gasteiger partial charge < -0.3 is 15.1 Å². The van der Waals surface area contributed by atoms with E-state index in [2.05, 4.69) is 41.6 Å². The molecule has 0 saturated heterocycles. The van der Waals surface area contributed by atoms with E-state index in [1.54, 1.807) is 0 Å². The molecule has 0 radical (unpaired) electrons. The van der Waals surface area contributed by atoms with Gasteiger partial charge in [0, 0.05) is 6.54 Å². The summed E-state index contributed by atoms with van der Waals surface area (Å²) in [6.07, 6.45) is 3.70. The van der Waals surface area contributed by atoms with Crippen LogP contribution in [-0.2, 0) is 0 Å². The van der Waals surface area contributed by atoms with E-state index in [4.69, 9.17) is 4.42 Å². The number of nitrogens with zero attached hydrogens (tertiary/aromatic N) is 2. The van der Waals surface area contributed by atoms with Crippen LogP contribution >= 0.6 is 0 Å². The summed E-state index contributed by atoms with van der Waals surface area (Å²) < 4.78 is 5.65. The molecule has 0 amide bonds. The second-order valence-electron chi connectivity index (χ2n) is 5.99. The highest BCUT2D eigenvalue weighted by Crippen LogP contribution is 2.51. The molecular weight excluding hydrogens is 240 g/mol. The molecule has 1 unspecified atom stereocenters. The molecule has 1 fully saturated rings.